The Morgan fingerprint density at radius 3 is 2.93 bits per heavy atom. The standard InChI is InChI=1S/C10H14BrN3O/c1-7(12)10(15)14(2)6-8-3-4-13-9(11)5-8/h3-5,7H,6,12H2,1-2H3. The number of hydrogen-bond acceptors (Lipinski definition) is 3. The van der Waals surface area contributed by atoms with Crippen molar-refractivity contribution in [2.75, 3.05) is 7.05 Å². The summed E-state index contributed by atoms with van der Waals surface area (Å²) in [7, 11) is 1.74. The zero-order valence-corrected chi connectivity index (χ0v) is 10.4. The molecule has 0 saturated carbocycles. The highest BCUT2D eigenvalue weighted by Crippen LogP contribution is 2.10. The third-order valence-electron chi connectivity index (χ3n) is 1.98. The summed E-state index contributed by atoms with van der Waals surface area (Å²) in [6, 6.07) is 3.29. The molecule has 1 amide bonds. The lowest BCUT2D eigenvalue weighted by molar-refractivity contribution is -0.131. The molecule has 1 rings (SSSR count). The summed E-state index contributed by atoms with van der Waals surface area (Å²) in [4.78, 5) is 17.1. The first kappa shape index (κ1) is 12.1. The maximum atomic E-state index is 11.5. The first-order valence-electron chi connectivity index (χ1n) is 4.61. The highest BCUT2D eigenvalue weighted by molar-refractivity contribution is 9.10. The minimum Gasteiger partial charge on any atom is -0.340 e. The number of rotatable bonds is 3. The van der Waals surface area contributed by atoms with E-state index in [2.05, 4.69) is 20.9 Å². The first-order valence-corrected chi connectivity index (χ1v) is 5.41. The van der Waals surface area contributed by atoms with Gasteiger partial charge in [-0.15, -0.1) is 0 Å². The number of amides is 1. The largest absolute Gasteiger partial charge is 0.340 e. The van der Waals surface area contributed by atoms with E-state index in [-0.39, 0.29) is 5.91 Å². The Morgan fingerprint density at radius 2 is 2.40 bits per heavy atom. The van der Waals surface area contributed by atoms with Gasteiger partial charge in [-0.2, -0.15) is 0 Å². The molecule has 0 radical (unpaired) electrons. The maximum absolute atomic E-state index is 11.5. The van der Waals surface area contributed by atoms with Crippen LogP contribution in [0.5, 0.6) is 0 Å². The molecule has 5 heteroatoms. The van der Waals surface area contributed by atoms with Crippen molar-refractivity contribution in [2.24, 2.45) is 5.73 Å². The van der Waals surface area contributed by atoms with Crippen molar-refractivity contribution in [3.05, 3.63) is 28.5 Å². The SMILES string of the molecule is CC(N)C(=O)N(C)Cc1ccnc(Br)c1. The van der Waals surface area contributed by atoms with Gasteiger partial charge in [0.2, 0.25) is 5.91 Å². The monoisotopic (exact) mass is 271 g/mol. The Labute approximate surface area is 97.6 Å². The smallest absolute Gasteiger partial charge is 0.239 e. The number of nitrogens with two attached hydrogens (primary N) is 1. The third-order valence-corrected chi connectivity index (χ3v) is 2.41. The number of pyridine rings is 1. The molecule has 2 N–H and O–H groups in total. The van der Waals surface area contributed by atoms with Crippen LogP contribution in [0.25, 0.3) is 0 Å². The second-order valence-corrected chi connectivity index (χ2v) is 4.28. The van der Waals surface area contributed by atoms with Crippen LogP contribution in [0.15, 0.2) is 22.9 Å². The van der Waals surface area contributed by atoms with Gasteiger partial charge in [0.15, 0.2) is 0 Å². The summed E-state index contributed by atoms with van der Waals surface area (Å²) in [5.74, 6) is -0.0667. The van der Waals surface area contributed by atoms with Crippen LogP contribution in [0.2, 0.25) is 0 Å². The molecular formula is C10H14BrN3O. The van der Waals surface area contributed by atoms with Crippen LogP contribution in [0, 0.1) is 0 Å². The number of likely N-dealkylation sites (N-methyl/N-ethyl adjacent to an activating group) is 1. The van der Waals surface area contributed by atoms with Gasteiger partial charge in [0.05, 0.1) is 6.04 Å². The molecular weight excluding hydrogens is 258 g/mol. The Bertz CT molecular complexity index is 354. The maximum Gasteiger partial charge on any atom is 0.239 e. The van der Waals surface area contributed by atoms with E-state index in [0.29, 0.717) is 6.54 Å². The van der Waals surface area contributed by atoms with Crippen LogP contribution >= 0.6 is 15.9 Å². The molecule has 15 heavy (non-hydrogen) atoms. The van der Waals surface area contributed by atoms with Gasteiger partial charge >= 0.3 is 0 Å². The van der Waals surface area contributed by atoms with Crippen LogP contribution in [-0.4, -0.2) is 28.9 Å². The molecule has 1 unspecified atom stereocenters. The number of carbonyl (C=O) groups excluding carboxylic acids is 1. The summed E-state index contributed by atoms with van der Waals surface area (Å²) < 4.78 is 0.765. The van der Waals surface area contributed by atoms with E-state index in [1.807, 2.05) is 12.1 Å². The van der Waals surface area contributed by atoms with Crippen LogP contribution < -0.4 is 5.73 Å². The van der Waals surface area contributed by atoms with Crippen LogP contribution in [-0.2, 0) is 11.3 Å². The van der Waals surface area contributed by atoms with E-state index in [1.165, 1.54) is 0 Å². The minimum absolute atomic E-state index is 0.0667. The molecule has 0 spiro atoms. The second-order valence-electron chi connectivity index (χ2n) is 3.47. The number of aromatic nitrogens is 1. The molecule has 0 aliphatic rings. The fourth-order valence-electron chi connectivity index (χ4n) is 1.24. The zero-order valence-electron chi connectivity index (χ0n) is 8.77. The van der Waals surface area contributed by atoms with Gasteiger partial charge in [0.1, 0.15) is 4.60 Å². The second kappa shape index (κ2) is 5.23. The fraction of sp³-hybridized carbons (Fsp3) is 0.400. The average Bonchev–Trinajstić information content (AvgIpc) is 2.16. The molecule has 4 nitrogen and oxygen atoms in total. The van der Waals surface area contributed by atoms with Crippen molar-refractivity contribution >= 4 is 21.8 Å². The number of hydrogen-bond donors (Lipinski definition) is 1. The molecule has 0 fully saturated rings. The van der Waals surface area contributed by atoms with E-state index in [4.69, 9.17) is 5.73 Å². The summed E-state index contributed by atoms with van der Waals surface area (Å²) in [6.07, 6.45) is 1.70. The zero-order chi connectivity index (χ0) is 11.4. The molecule has 1 aromatic heterocycles. The van der Waals surface area contributed by atoms with E-state index in [1.54, 1.807) is 25.1 Å². The molecule has 0 bridgehead atoms. The number of nitrogens with zero attached hydrogens (tertiary/aromatic N) is 2. The van der Waals surface area contributed by atoms with Crippen LogP contribution in [0.4, 0.5) is 0 Å². The predicted molar refractivity (Wildman–Crippen MR) is 62.1 cm³/mol. The molecule has 0 aliphatic heterocycles. The predicted octanol–water partition coefficient (Wildman–Crippen LogP) is 1.15. The van der Waals surface area contributed by atoms with Gasteiger partial charge in [-0.1, -0.05) is 0 Å². The van der Waals surface area contributed by atoms with Crippen molar-refractivity contribution in [3.63, 3.8) is 0 Å². The molecule has 1 atom stereocenters. The molecule has 0 saturated heterocycles. The first-order chi connectivity index (χ1) is 7.00. The number of carbonyl (C=O) groups is 1. The fourth-order valence-corrected chi connectivity index (χ4v) is 1.65. The highest BCUT2D eigenvalue weighted by Gasteiger charge is 2.13. The Balaban J connectivity index is 2.66. The van der Waals surface area contributed by atoms with Crippen molar-refractivity contribution in [2.45, 2.75) is 19.5 Å². The minimum atomic E-state index is -0.458. The molecule has 0 aliphatic carbocycles. The van der Waals surface area contributed by atoms with Crippen molar-refractivity contribution in [3.8, 4) is 0 Å². The Hall–Kier alpha value is -0.940. The molecule has 1 heterocycles. The van der Waals surface area contributed by atoms with E-state index in [9.17, 15) is 4.79 Å². The van der Waals surface area contributed by atoms with Gasteiger partial charge in [-0.25, -0.2) is 4.98 Å². The Morgan fingerprint density at radius 1 is 1.73 bits per heavy atom. The summed E-state index contributed by atoms with van der Waals surface area (Å²) in [5, 5.41) is 0. The number of halogens is 1. The van der Waals surface area contributed by atoms with E-state index >= 15 is 0 Å². The lowest BCUT2D eigenvalue weighted by Gasteiger charge is -2.19. The van der Waals surface area contributed by atoms with Gasteiger partial charge in [-0.3, -0.25) is 4.79 Å². The Kier molecular flexibility index (Phi) is 4.23. The van der Waals surface area contributed by atoms with Crippen molar-refractivity contribution < 1.29 is 4.79 Å². The van der Waals surface area contributed by atoms with Crippen molar-refractivity contribution in [1.29, 1.82) is 0 Å². The topological polar surface area (TPSA) is 59.2 Å². The summed E-state index contributed by atoms with van der Waals surface area (Å²) >= 11 is 3.28. The van der Waals surface area contributed by atoms with E-state index in [0.717, 1.165) is 10.2 Å². The van der Waals surface area contributed by atoms with Crippen LogP contribution in [0.3, 0.4) is 0 Å². The average molecular weight is 272 g/mol. The van der Waals surface area contributed by atoms with E-state index < -0.39 is 6.04 Å². The highest BCUT2D eigenvalue weighted by atomic mass is 79.9. The van der Waals surface area contributed by atoms with Gasteiger partial charge in [0.25, 0.3) is 0 Å². The molecule has 1 aromatic rings. The normalized spacial score (nSPS) is 12.3. The van der Waals surface area contributed by atoms with Gasteiger partial charge in [-0.05, 0) is 40.5 Å². The van der Waals surface area contributed by atoms with Crippen LogP contribution in [0.1, 0.15) is 12.5 Å². The molecule has 0 aromatic carbocycles. The molecule has 82 valence electrons. The summed E-state index contributed by atoms with van der Waals surface area (Å²) in [5.41, 5.74) is 6.53. The van der Waals surface area contributed by atoms with Gasteiger partial charge in [0, 0.05) is 19.8 Å². The lowest BCUT2D eigenvalue weighted by atomic mass is 10.2. The van der Waals surface area contributed by atoms with Gasteiger partial charge < -0.3 is 10.6 Å². The third kappa shape index (κ3) is 3.60. The van der Waals surface area contributed by atoms with Crippen molar-refractivity contribution in [1.82, 2.24) is 9.88 Å². The quantitative estimate of drug-likeness (QED) is 0.840. The lowest BCUT2D eigenvalue weighted by Crippen LogP contribution is -2.39. The summed E-state index contributed by atoms with van der Waals surface area (Å²) in [6.45, 7) is 2.22.